The first kappa shape index (κ1) is 16.8. The fourth-order valence-electron chi connectivity index (χ4n) is 3.21. The molecule has 0 atom stereocenters. The van der Waals surface area contributed by atoms with Crippen LogP contribution in [0.1, 0.15) is 32.8 Å². The lowest BCUT2D eigenvalue weighted by Gasteiger charge is -2.18. The number of hydrogen-bond donors (Lipinski definition) is 1. The van der Waals surface area contributed by atoms with Crippen molar-refractivity contribution in [3.05, 3.63) is 56.4 Å². The Labute approximate surface area is 154 Å². The molecule has 0 aliphatic carbocycles. The van der Waals surface area contributed by atoms with Crippen molar-refractivity contribution in [1.29, 1.82) is 0 Å². The lowest BCUT2D eigenvalue weighted by Crippen LogP contribution is -2.23. The van der Waals surface area contributed by atoms with Gasteiger partial charge in [-0.15, -0.1) is 11.3 Å². The van der Waals surface area contributed by atoms with Crippen LogP contribution in [0.2, 0.25) is 0 Å². The van der Waals surface area contributed by atoms with Gasteiger partial charge in [-0.2, -0.15) is 0 Å². The smallest absolute Gasteiger partial charge is 0.262 e. The Morgan fingerprint density at radius 2 is 2.27 bits per heavy atom. The largest absolute Gasteiger partial charge is 0.493 e. The molecule has 1 amide bonds. The molecule has 0 saturated carbocycles. The van der Waals surface area contributed by atoms with Crippen molar-refractivity contribution in [3.8, 4) is 5.75 Å². The van der Waals surface area contributed by atoms with Gasteiger partial charge in [0.1, 0.15) is 10.6 Å². The Kier molecular flexibility index (Phi) is 4.24. The average Bonchev–Trinajstić information content (AvgIpc) is 3.00. The second-order valence-electron chi connectivity index (χ2n) is 6.47. The number of amides is 1. The number of aromatic nitrogens is 2. The van der Waals surface area contributed by atoms with Crippen LogP contribution < -0.4 is 15.6 Å². The average molecular weight is 369 g/mol. The van der Waals surface area contributed by atoms with E-state index in [9.17, 15) is 9.59 Å². The van der Waals surface area contributed by atoms with Gasteiger partial charge in [0.25, 0.3) is 11.5 Å². The lowest BCUT2D eigenvalue weighted by molar-refractivity contribution is 0.0954. The second kappa shape index (κ2) is 6.57. The number of carbonyl (C=O) groups is 1. The Morgan fingerprint density at radius 1 is 1.42 bits per heavy atom. The van der Waals surface area contributed by atoms with Gasteiger partial charge in [0.05, 0.1) is 23.2 Å². The zero-order valence-corrected chi connectivity index (χ0v) is 15.5. The van der Waals surface area contributed by atoms with Gasteiger partial charge in [0.15, 0.2) is 0 Å². The van der Waals surface area contributed by atoms with E-state index in [2.05, 4.69) is 16.4 Å². The van der Waals surface area contributed by atoms with Crippen molar-refractivity contribution in [2.45, 2.75) is 26.3 Å². The van der Waals surface area contributed by atoms with Gasteiger partial charge in [0, 0.05) is 13.6 Å². The minimum atomic E-state index is -0.179. The highest BCUT2D eigenvalue weighted by Crippen LogP contribution is 2.27. The minimum Gasteiger partial charge on any atom is -0.493 e. The molecular weight excluding hydrogens is 350 g/mol. The Balaban J connectivity index is 1.55. The summed E-state index contributed by atoms with van der Waals surface area (Å²) >= 11 is 1.26. The van der Waals surface area contributed by atoms with Crippen molar-refractivity contribution in [3.63, 3.8) is 0 Å². The van der Waals surface area contributed by atoms with E-state index in [0.29, 0.717) is 27.2 Å². The number of benzene rings is 1. The molecule has 2 aromatic heterocycles. The van der Waals surface area contributed by atoms with Crippen LogP contribution in [-0.4, -0.2) is 22.1 Å². The molecule has 0 bridgehead atoms. The Hall–Kier alpha value is -2.67. The Bertz CT molecular complexity index is 1070. The molecular formula is C19H19N3O3S. The van der Waals surface area contributed by atoms with Gasteiger partial charge < -0.3 is 14.6 Å². The Morgan fingerprint density at radius 3 is 3.12 bits per heavy atom. The molecule has 134 valence electrons. The number of rotatable bonds is 3. The highest BCUT2D eigenvalue weighted by molar-refractivity contribution is 7.20. The third-order valence-electron chi connectivity index (χ3n) is 4.64. The molecule has 1 aliphatic rings. The SMILES string of the molecule is Cc1c(C(=O)NCc2ccc3c(c2)CCCO3)sc2ncn(C)c(=O)c12. The molecule has 0 saturated heterocycles. The maximum atomic E-state index is 12.6. The molecule has 3 heterocycles. The molecule has 26 heavy (non-hydrogen) atoms. The van der Waals surface area contributed by atoms with Crippen LogP contribution >= 0.6 is 11.3 Å². The van der Waals surface area contributed by atoms with Crippen molar-refractivity contribution in [1.82, 2.24) is 14.9 Å². The van der Waals surface area contributed by atoms with Crippen LogP contribution in [0.4, 0.5) is 0 Å². The van der Waals surface area contributed by atoms with Crippen LogP contribution in [0.15, 0.2) is 29.3 Å². The first-order chi connectivity index (χ1) is 12.5. The van der Waals surface area contributed by atoms with Gasteiger partial charge in [-0.1, -0.05) is 12.1 Å². The van der Waals surface area contributed by atoms with E-state index in [-0.39, 0.29) is 11.5 Å². The summed E-state index contributed by atoms with van der Waals surface area (Å²) in [6, 6.07) is 6.03. The summed E-state index contributed by atoms with van der Waals surface area (Å²) in [5, 5.41) is 3.48. The standard InChI is InChI=1S/C19H19N3O3S/c1-11-15-18(21-10-22(2)19(15)24)26-16(11)17(23)20-9-12-5-6-14-13(8-12)4-3-7-25-14/h5-6,8,10H,3-4,7,9H2,1-2H3,(H,20,23). The first-order valence-electron chi connectivity index (χ1n) is 8.52. The quantitative estimate of drug-likeness (QED) is 0.770. The summed E-state index contributed by atoms with van der Waals surface area (Å²) in [4.78, 5) is 30.3. The third-order valence-corrected chi connectivity index (χ3v) is 5.84. The topological polar surface area (TPSA) is 73.2 Å². The number of fused-ring (bicyclic) bond motifs is 2. The van der Waals surface area contributed by atoms with Crippen molar-refractivity contribution in [2.24, 2.45) is 7.05 Å². The van der Waals surface area contributed by atoms with E-state index in [1.54, 1.807) is 14.0 Å². The van der Waals surface area contributed by atoms with E-state index < -0.39 is 0 Å². The highest BCUT2D eigenvalue weighted by Gasteiger charge is 2.19. The molecule has 4 rings (SSSR count). The molecule has 1 aliphatic heterocycles. The van der Waals surface area contributed by atoms with Crippen LogP contribution in [-0.2, 0) is 20.0 Å². The van der Waals surface area contributed by atoms with Gasteiger partial charge in [0.2, 0.25) is 0 Å². The molecule has 6 nitrogen and oxygen atoms in total. The minimum absolute atomic E-state index is 0.127. The van der Waals surface area contributed by atoms with Crippen molar-refractivity contribution in [2.75, 3.05) is 6.61 Å². The normalized spacial score (nSPS) is 13.3. The van der Waals surface area contributed by atoms with Crippen LogP contribution in [0.5, 0.6) is 5.75 Å². The number of ether oxygens (including phenoxy) is 1. The van der Waals surface area contributed by atoms with Gasteiger partial charge >= 0.3 is 0 Å². The molecule has 0 unspecified atom stereocenters. The van der Waals surface area contributed by atoms with Crippen LogP contribution in [0, 0.1) is 6.92 Å². The number of hydrogen-bond acceptors (Lipinski definition) is 5. The van der Waals surface area contributed by atoms with E-state index in [0.717, 1.165) is 30.8 Å². The maximum Gasteiger partial charge on any atom is 0.262 e. The van der Waals surface area contributed by atoms with Gasteiger partial charge in [-0.3, -0.25) is 9.59 Å². The molecule has 1 N–H and O–H groups in total. The summed E-state index contributed by atoms with van der Waals surface area (Å²) in [6.07, 6.45) is 3.50. The summed E-state index contributed by atoms with van der Waals surface area (Å²) in [5.74, 6) is 0.759. The van der Waals surface area contributed by atoms with Crippen LogP contribution in [0.3, 0.4) is 0 Å². The fraction of sp³-hybridized carbons (Fsp3) is 0.316. The number of aryl methyl sites for hydroxylation is 3. The zero-order valence-electron chi connectivity index (χ0n) is 14.7. The molecule has 1 aromatic carbocycles. The fourth-order valence-corrected chi connectivity index (χ4v) is 4.27. The van der Waals surface area contributed by atoms with E-state index in [1.807, 2.05) is 12.1 Å². The number of nitrogens with one attached hydrogen (secondary N) is 1. The second-order valence-corrected chi connectivity index (χ2v) is 7.47. The number of carbonyl (C=O) groups excluding carboxylic acids is 1. The zero-order chi connectivity index (χ0) is 18.3. The predicted molar refractivity (Wildman–Crippen MR) is 101 cm³/mol. The molecule has 3 aromatic rings. The molecule has 0 radical (unpaired) electrons. The van der Waals surface area contributed by atoms with Gasteiger partial charge in [-0.05, 0) is 42.5 Å². The number of nitrogens with zero attached hydrogens (tertiary/aromatic N) is 2. The van der Waals surface area contributed by atoms with Crippen LogP contribution in [0.25, 0.3) is 10.2 Å². The number of thiophene rings is 1. The highest BCUT2D eigenvalue weighted by atomic mass is 32.1. The third kappa shape index (κ3) is 2.88. The molecule has 0 fully saturated rings. The monoisotopic (exact) mass is 369 g/mol. The predicted octanol–water partition coefficient (Wildman–Crippen LogP) is 2.56. The molecule has 7 heteroatoms. The maximum absolute atomic E-state index is 12.6. The van der Waals surface area contributed by atoms with Crippen molar-refractivity contribution < 1.29 is 9.53 Å². The van der Waals surface area contributed by atoms with E-state index in [4.69, 9.17) is 4.74 Å². The summed E-state index contributed by atoms with van der Waals surface area (Å²) in [6.45, 7) is 3.00. The summed E-state index contributed by atoms with van der Waals surface area (Å²) in [7, 11) is 1.66. The van der Waals surface area contributed by atoms with E-state index in [1.165, 1.54) is 27.8 Å². The van der Waals surface area contributed by atoms with E-state index >= 15 is 0 Å². The summed E-state index contributed by atoms with van der Waals surface area (Å²) in [5.41, 5.74) is 2.79. The lowest BCUT2D eigenvalue weighted by atomic mass is 10.0. The molecule has 0 spiro atoms. The summed E-state index contributed by atoms with van der Waals surface area (Å²) < 4.78 is 7.05. The van der Waals surface area contributed by atoms with Gasteiger partial charge in [-0.25, -0.2) is 4.98 Å². The first-order valence-corrected chi connectivity index (χ1v) is 9.34. The van der Waals surface area contributed by atoms with Crippen molar-refractivity contribution >= 4 is 27.5 Å².